The summed E-state index contributed by atoms with van der Waals surface area (Å²) in [5, 5.41) is 0. The Kier molecular flexibility index (Phi) is 2.18. The Morgan fingerprint density at radius 2 is 2.00 bits per heavy atom. The second-order valence-corrected chi connectivity index (χ2v) is 5.45. The van der Waals surface area contributed by atoms with Crippen LogP contribution in [-0.4, -0.2) is 9.55 Å². The molecular formula is C14H19N3. The number of nitrogens with two attached hydrogens (primary N) is 1. The number of rotatable bonds is 1. The van der Waals surface area contributed by atoms with Crippen LogP contribution < -0.4 is 5.73 Å². The van der Waals surface area contributed by atoms with Gasteiger partial charge in [-0.1, -0.05) is 25.0 Å². The van der Waals surface area contributed by atoms with Crippen LogP contribution in [0.25, 0.3) is 11.0 Å². The fourth-order valence-corrected chi connectivity index (χ4v) is 3.18. The third-order valence-corrected chi connectivity index (χ3v) is 4.13. The molecule has 2 N–H and O–H groups in total. The molecular weight excluding hydrogens is 210 g/mol. The predicted octanol–water partition coefficient (Wildman–Crippen LogP) is 3.22. The Labute approximate surface area is 102 Å². The third kappa shape index (κ3) is 1.45. The van der Waals surface area contributed by atoms with Crippen LogP contribution in [0.1, 0.15) is 38.2 Å². The summed E-state index contributed by atoms with van der Waals surface area (Å²) >= 11 is 0. The highest BCUT2D eigenvalue weighted by Crippen LogP contribution is 2.40. The fraction of sp³-hybridized carbons (Fsp3) is 0.500. The van der Waals surface area contributed by atoms with Crippen molar-refractivity contribution in [2.75, 3.05) is 5.73 Å². The van der Waals surface area contributed by atoms with E-state index >= 15 is 0 Å². The van der Waals surface area contributed by atoms with Gasteiger partial charge in [0.25, 0.3) is 0 Å². The Morgan fingerprint density at radius 3 is 2.71 bits per heavy atom. The number of aryl methyl sites for hydroxylation is 1. The van der Waals surface area contributed by atoms with Crippen LogP contribution >= 0.6 is 0 Å². The number of nitrogens with zero attached hydrogens (tertiary/aromatic N) is 2. The molecule has 1 heterocycles. The predicted molar refractivity (Wildman–Crippen MR) is 71.0 cm³/mol. The van der Waals surface area contributed by atoms with Crippen LogP contribution in [0.3, 0.4) is 0 Å². The van der Waals surface area contributed by atoms with E-state index < -0.39 is 0 Å². The molecule has 3 rings (SSSR count). The van der Waals surface area contributed by atoms with E-state index in [1.54, 1.807) is 0 Å². The maximum Gasteiger partial charge on any atom is 0.201 e. The van der Waals surface area contributed by atoms with Gasteiger partial charge in [-0.25, -0.2) is 4.98 Å². The molecule has 1 fully saturated rings. The zero-order valence-electron chi connectivity index (χ0n) is 10.5. The maximum absolute atomic E-state index is 6.14. The van der Waals surface area contributed by atoms with Gasteiger partial charge in [-0.2, -0.15) is 0 Å². The molecule has 0 unspecified atom stereocenters. The van der Waals surface area contributed by atoms with Crippen molar-refractivity contribution < 1.29 is 0 Å². The molecule has 1 aliphatic carbocycles. The number of para-hydroxylation sites is 1. The van der Waals surface area contributed by atoms with Gasteiger partial charge in [0.2, 0.25) is 5.95 Å². The molecule has 1 aliphatic rings. The van der Waals surface area contributed by atoms with Gasteiger partial charge in [-0.3, -0.25) is 0 Å². The molecule has 3 heteroatoms. The number of nitrogen functional groups attached to an aromatic ring is 1. The standard InChI is InChI=1S/C14H19N3/c1-10-6-5-7-11-12(10)16-13(15)17(11)14(2)8-3-4-9-14/h5-7H,3-4,8-9H2,1-2H3,(H2,15,16). The summed E-state index contributed by atoms with van der Waals surface area (Å²) in [5.41, 5.74) is 9.74. The lowest BCUT2D eigenvalue weighted by Crippen LogP contribution is -2.27. The van der Waals surface area contributed by atoms with E-state index in [0.717, 1.165) is 5.52 Å². The first-order valence-corrected chi connectivity index (χ1v) is 6.36. The second kappa shape index (κ2) is 3.49. The van der Waals surface area contributed by atoms with Gasteiger partial charge < -0.3 is 10.3 Å². The van der Waals surface area contributed by atoms with Crippen molar-refractivity contribution in [2.45, 2.75) is 45.1 Å². The molecule has 0 amide bonds. The molecule has 0 aliphatic heterocycles. The average molecular weight is 229 g/mol. The number of imidazole rings is 1. The van der Waals surface area contributed by atoms with Crippen LogP contribution in [-0.2, 0) is 5.54 Å². The minimum atomic E-state index is 0.159. The SMILES string of the molecule is Cc1cccc2c1nc(N)n2C1(C)CCCC1. The molecule has 1 saturated carbocycles. The van der Waals surface area contributed by atoms with Crippen molar-refractivity contribution in [1.29, 1.82) is 0 Å². The topological polar surface area (TPSA) is 43.8 Å². The van der Waals surface area contributed by atoms with E-state index in [-0.39, 0.29) is 5.54 Å². The first-order valence-electron chi connectivity index (χ1n) is 6.36. The summed E-state index contributed by atoms with van der Waals surface area (Å²) in [7, 11) is 0. The smallest absolute Gasteiger partial charge is 0.201 e. The number of hydrogen-bond donors (Lipinski definition) is 1. The summed E-state index contributed by atoms with van der Waals surface area (Å²) in [5.74, 6) is 0.665. The van der Waals surface area contributed by atoms with Gasteiger partial charge in [-0.05, 0) is 38.3 Å². The van der Waals surface area contributed by atoms with Crippen molar-refractivity contribution in [3.63, 3.8) is 0 Å². The second-order valence-electron chi connectivity index (χ2n) is 5.45. The van der Waals surface area contributed by atoms with E-state index in [2.05, 4.69) is 41.6 Å². The van der Waals surface area contributed by atoms with Crippen molar-refractivity contribution in [3.05, 3.63) is 23.8 Å². The van der Waals surface area contributed by atoms with Crippen molar-refractivity contribution in [3.8, 4) is 0 Å². The number of hydrogen-bond acceptors (Lipinski definition) is 2. The van der Waals surface area contributed by atoms with Crippen LogP contribution in [0.5, 0.6) is 0 Å². The molecule has 0 bridgehead atoms. The highest BCUT2D eigenvalue weighted by atomic mass is 15.2. The molecule has 0 spiro atoms. The van der Waals surface area contributed by atoms with E-state index in [9.17, 15) is 0 Å². The highest BCUT2D eigenvalue weighted by Gasteiger charge is 2.33. The average Bonchev–Trinajstić information content (AvgIpc) is 2.83. The first-order chi connectivity index (χ1) is 8.12. The van der Waals surface area contributed by atoms with Crippen LogP contribution in [0.15, 0.2) is 18.2 Å². The van der Waals surface area contributed by atoms with Crippen LogP contribution in [0.4, 0.5) is 5.95 Å². The van der Waals surface area contributed by atoms with Crippen molar-refractivity contribution in [1.82, 2.24) is 9.55 Å². The highest BCUT2D eigenvalue weighted by molar-refractivity contribution is 5.81. The van der Waals surface area contributed by atoms with E-state index in [4.69, 9.17) is 5.73 Å². The molecule has 0 radical (unpaired) electrons. The van der Waals surface area contributed by atoms with E-state index in [0.29, 0.717) is 5.95 Å². The lowest BCUT2D eigenvalue weighted by molar-refractivity contribution is 0.344. The van der Waals surface area contributed by atoms with Crippen molar-refractivity contribution >= 4 is 17.0 Å². The quantitative estimate of drug-likeness (QED) is 0.816. The summed E-state index contributed by atoms with van der Waals surface area (Å²) in [6.45, 7) is 4.40. The Hall–Kier alpha value is -1.51. The van der Waals surface area contributed by atoms with Crippen molar-refractivity contribution in [2.24, 2.45) is 0 Å². The first kappa shape index (κ1) is 10.6. The van der Waals surface area contributed by atoms with Gasteiger partial charge in [0.05, 0.1) is 11.0 Å². The normalized spacial score (nSPS) is 18.9. The monoisotopic (exact) mass is 229 g/mol. The molecule has 90 valence electrons. The summed E-state index contributed by atoms with van der Waals surface area (Å²) < 4.78 is 2.25. The molecule has 17 heavy (non-hydrogen) atoms. The van der Waals surface area contributed by atoms with Crippen LogP contribution in [0.2, 0.25) is 0 Å². The van der Waals surface area contributed by atoms with Gasteiger partial charge in [0, 0.05) is 5.54 Å². The lowest BCUT2D eigenvalue weighted by atomic mass is 10.00. The zero-order valence-corrected chi connectivity index (χ0v) is 10.5. The molecule has 2 aromatic rings. The summed E-state index contributed by atoms with van der Waals surface area (Å²) in [6.07, 6.45) is 5.00. The lowest BCUT2D eigenvalue weighted by Gasteiger charge is -2.27. The van der Waals surface area contributed by atoms with E-state index in [1.165, 1.54) is 36.8 Å². The Morgan fingerprint density at radius 1 is 1.29 bits per heavy atom. The maximum atomic E-state index is 6.14. The van der Waals surface area contributed by atoms with Crippen LogP contribution in [0, 0.1) is 6.92 Å². The molecule has 3 nitrogen and oxygen atoms in total. The van der Waals surface area contributed by atoms with Gasteiger partial charge in [0.15, 0.2) is 0 Å². The molecule has 1 aromatic carbocycles. The molecule has 0 saturated heterocycles. The Bertz CT molecular complexity index is 562. The number of anilines is 1. The number of benzene rings is 1. The van der Waals surface area contributed by atoms with Gasteiger partial charge >= 0.3 is 0 Å². The number of aromatic nitrogens is 2. The summed E-state index contributed by atoms with van der Waals surface area (Å²) in [4.78, 5) is 4.54. The number of fused-ring (bicyclic) bond motifs is 1. The zero-order chi connectivity index (χ0) is 12.0. The largest absolute Gasteiger partial charge is 0.369 e. The summed E-state index contributed by atoms with van der Waals surface area (Å²) in [6, 6.07) is 6.32. The van der Waals surface area contributed by atoms with Gasteiger partial charge in [-0.15, -0.1) is 0 Å². The minimum Gasteiger partial charge on any atom is -0.369 e. The van der Waals surface area contributed by atoms with Gasteiger partial charge in [0.1, 0.15) is 0 Å². The Balaban J connectivity index is 2.29. The third-order valence-electron chi connectivity index (χ3n) is 4.13. The minimum absolute atomic E-state index is 0.159. The fourth-order valence-electron chi connectivity index (χ4n) is 3.18. The molecule has 1 aromatic heterocycles. The molecule has 0 atom stereocenters. The van der Waals surface area contributed by atoms with E-state index in [1.807, 2.05) is 0 Å².